The van der Waals surface area contributed by atoms with Crippen molar-refractivity contribution in [2.75, 3.05) is 0 Å². The SMILES string of the molecule is CC1CCCC(C)N1Cc1nc(C(C)(C)N)no1. The second-order valence-corrected chi connectivity index (χ2v) is 6.03. The van der Waals surface area contributed by atoms with Gasteiger partial charge in [-0.05, 0) is 40.5 Å². The van der Waals surface area contributed by atoms with Crippen LogP contribution < -0.4 is 5.73 Å². The van der Waals surface area contributed by atoms with E-state index >= 15 is 0 Å². The molecule has 1 aromatic rings. The van der Waals surface area contributed by atoms with Crippen molar-refractivity contribution >= 4 is 0 Å². The largest absolute Gasteiger partial charge is 0.338 e. The Hall–Kier alpha value is -0.940. The number of rotatable bonds is 3. The molecule has 0 radical (unpaired) electrons. The van der Waals surface area contributed by atoms with Gasteiger partial charge in [0.15, 0.2) is 5.82 Å². The highest BCUT2D eigenvalue weighted by Crippen LogP contribution is 2.24. The third-order valence-corrected chi connectivity index (χ3v) is 3.74. The lowest BCUT2D eigenvalue weighted by molar-refractivity contribution is 0.0825. The van der Waals surface area contributed by atoms with E-state index in [2.05, 4.69) is 28.9 Å². The highest BCUT2D eigenvalue weighted by molar-refractivity contribution is 4.99. The molecule has 2 N–H and O–H groups in total. The molecular weight excluding hydrogens is 228 g/mol. The van der Waals surface area contributed by atoms with E-state index in [0.717, 1.165) is 6.54 Å². The molecule has 0 aromatic carbocycles. The van der Waals surface area contributed by atoms with Crippen LogP contribution in [0.5, 0.6) is 0 Å². The van der Waals surface area contributed by atoms with Crippen molar-refractivity contribution in [3.8, 4) is 0 Å². The molecule has 1 fully saturated rings. The monoisotopic (exact) mass is 252 g/mol. The highest BCUT2D eigenvalue weighted by Gasteiger charge is 2.27. The van der Waals surface area contributed by atoms with Crippen LogP contribution in [-0.4, -0.2) is 27.1 Å². The Labute approximate surface area is 109 Å². The predicted molar refractivity (Wildman–Crippen MR) is 69.8 cm³/mol. The van der Waals surface area contributed by atoms with Gasteiger partial charge >= 0.3 is 0 Å². The first-order chi connectivity index (χ1) is 8.38. The summed E-state index contributed by atoms with van der Waals surface area (Å²) in [7, 11) is 0. The van der Waals surface area contributed by atoms with Gasteiger partial charge in [-0.2, -0.15) is 4.98 Å². The van der Waals surface area contributed by atoms with E-state index in [0.29, 0.717) is 23.8 Å². The van der Waals surface area contributed by atoms with Gasteiger partial charge in [0, 0.05) is 12.1 Å². The van der Waals surface area contributed by atoms with E-state index in [-0.39, 0.29) is 0 Å². The summed E-state index contributed by atoms with van der Waals surface area (Å²) in [5, 5.41) is 3.97. The predicted octanol–water partition coefficient (Wildman–Crippen LogP) is 2.03. The average molecular weight is 252 g/mol. The smallest absolute Gasteiger partial charge is 0.240 e. The molecule has 2 atom stereocenters. The Morgan fingerprint density at radius 1 is 1.33 bits per heavy atom. The fourth-order valence-electron chi connectivity index (χ4n) is 2.52. The minimum atomic E-state index is -0.541. The number of piperidine rings is 1. The second-order valence-electron chi connectivity index (χ2n) is 6.03. The third kappa shape index (κ3) is 2.90. The van der Waals surface area contributed by atoms with Crippen LogP contribution in [0.2, 0.25) is 0 Å². The first-order valence-electron chi connectivity index (χ1n) is 6.75. The van der Waals surface area contributed by atoms with E-state index in [9.17, 15) is 0 Å². The van der Waals surface area contributed by atoms with E-state index < -0.39 is 5.54 Å². The fraction of sp³-hybridized carbons (Fsp3) is 0.846. The zero-order valence-corrected chi connectivity index (χ0v) is 11.8. The molecule has 2 rings (SSSR count). The normalized spacial score (nSPS) is 26.5. The van der Waals surface area contributed by atoms with Crippen molar-refractivity contribution < 1.29 is 4.52 Å². The summed E-state index contributed by atoms with van der Waals surface area (Å²) in [5.41, 5.74) is 5.42. The third-order valence-electron chi connectivity index (χ3n) is 3.74. The van der Waals surface area contributed by atoms with Crippen molar-refractivity contribution in [2.45, 2.75) is 71.1 Å². The van der Waals surface area contributed by atoms with Crippen LogP contribution in [0.25, 0.3) is 0 Å². The van der Waals surface area contributed by atoms with Crippen LogP contribution in [0.1, 0.15) is 58.7 Å². The van der Waals surface area contributed by atoms with Gasteiger partial charge < -0.3 is 10.3 Å². The highest BCUT2D eigenvalue weighted by atomic mass is 16.5. The lowest BCUT2D eigenvalue weighted by atomic mass is 9.98. The molecule has 1 saturated heterocycles. The summed E-state index contributed by atoms with van der Waals surface area (Å²) in [4.78, 5) is 6.83. The number of likely N-dealkylation sites (tertiary alicyclic amines) is 1. The molecule has 0 spiro atoms. The van der Waals surface area contributed by atoms with Crippen LogP contribution in [0, 0.1) is 0 Å². The van der Waals surface area contributed by atoms with Gasteiger partial charge in [-0.25, -0.2) is 0 Å². The molecule has 5 nitrogen and oxygen atoms in total. The fourth-order valence-corrected chi connectivity index (χ4v) is 2.52. The topological polar surface area (TPSA) is 68.2 Å². The van der Waals surface area contributed by atoms with Gasteiger partial charge in [0.1, 0.15) is 0 Å². The van der Waals surface area contributed by atoms with E-state index in [4.69, 9.17) is 10.3 Å². The minimum absolute atomic E-state index is 0.541. The lowest BCUT2D eigenvalue weighted by Crippen LogP contribution is -2.43. The molecule has 5 heteroatoms. The molecule has 0 amide bonds. The molecule has 1 aliphatic rings. The zero-order chi connectivity index (χ0) is 13.3. The summed E-state index contributed by atoms with van der Waals surface area (Å²) in [6, 6.07) is 1.16. The number of nitrogens with two attached hydrogens (primary N) is 1. The molecular formula is C13H24N4O. The molecule has 0 aliphatic carbocycles. The Morgan fingerprint density at radius 3 is 2.44 bits per heavy atom. The number of hydrogen-bond acceptors (Lipinski definition) is 5. The molecule has 1 aromatic heterocycles. The van der Waals surface area contributed by atoms with E-state index in [1.165, 1.54) is 19.3 Å². The maximum Gasteiger partial charge on any atom is 0.240 e. The summed E-state index contributed by atoms with van der Waals surface area (Å²) in [6.45, 7) is 9.02. The van der Waals surface area contributed by atoms with E-state index in [1.807, 2.05) is 13.8 Å². The van der Waals surface area contributed by atoms with Gasteiger partial charge in [-0.15, -0.1) is 0 Å². The maximum absolute atomic E-state index is 5.96. The van der Waals surface area contributed by atoms with Crippen molar-refractivity contribution in [1.82, 2.24) is 15.0 Å². The molecule has 1 aliphatic heterocycles. The van der Waals surface area contributed by atoms with E-state index in [1.54, 1.807) is 0 Å². The summed E-state index contributed by atoms with van der Waals surface area (Å²) >= 11 is 0. The van der Waals surface area contributed by atoms with Crippen LogP contribution in [-0.2, 0) is 12.1 Å². The standard InChI is InChI=1S/C13H24N4O/c1-9-6-5-7-10(2)17(9)8-11-15-12(16-18-11)13(3,4)14/h9-10H,5-8,14H2,1-4H3. The number of aromatic nitrogens is 2. The minimum Gasteiger partial charge on any atom is -0.338 e. The van der Waals surface area contributed by atoms with Gasteiger partial charge in [-0.1, -0.05) is 11.6 Å². The van der Waals surface area contributed by atoms with Crippen molar-refractivity contribution in [3.63, 3.8) is 0 Å². The van der Waals surface area contributed by atoms with Gasteiger partial charge in [0.2, 0.25) is 5.89 Å². The van der Waals surface area contributed by atoms with Crippen LogP contribution >= 0.6 is 0 Å². The quantitative estimate of drug-likeness (QED) is 0.891. The molecule has 0 bridgehead atoms. The van der Waals surface area contributed by atoms with Crippen LogP contribution in [0.15, 0.2) is 4.52 Å². The average Bonchev–Trinajstić information content (AvgIpc) is 2.72. The van der Waals surface area contributed by atoms with Crippen molar-refractivity contribution in [1.29, 1.82) is 0 Å². The van der Waals surface area contributed by atoms with Gasteiger partial charge in [0.05, 0.1) is 12.1 Å². The zero-order valence-electron chi connectivity index (χ0n) is 11.8. The summed E-state index contributed by atoms with van der Waals surface area (Å²) < 4.78 is 5.31. The number of nitrogens with zero attached hydrogens (tertiary/aromatic N) is 3. The molecule has 2 unspecified atom stereocenters. The lowest BCUT2D eigenvalue weighted by Gasteiger charge is -2.37. The molecule has 0 saturated carbocycles. The summed E-state index contributed by atoms with van der Waals surface area (Å²) in [5.74, 6) is 1.25. The Morgan fingerprint density at radius 2 is 1.94 bits per heavy atom. The van der Waals surface area contributed by atoms with Crippen molar-refractivity contribution in [2.24, 2.45) is 5.73 Å². The first-order valence-corrected chi connectivity index (χ1v) is 6.75. The maximum atomic E-state index is 5.96. The number of hydrogen-bond donors (Lipinski definition) is 1. The second kappa shape index (κ2) is 4.97. The van der Waals surface area contributed by atoms with Crippen LogP contribution in [0.4, 0.5) is 0 Å². The van der Waals surface area contributed by atoms with Gasteiger partial charge in [0.25, 0.3) is 0 Å². The molecule has 102 valence electrons. The summed E-state index contributed by atoms with van der Waals surface area (Å²) in [6.07, 6.45) is 3.80. The Balaban J connectivity index is 2.06. The Kier molecular flexibility index (Phi) is 3.73. The van der Waals surface area contributed by atoms with Gasteiger partial charge in [-0.3, -0.25) is 4.90 Å². The molecule has 2 heterocycles. The van der Waals surface area contributed by atoms with Crippen LogP contribution in [0.3, 0.4) is 0 Å². The first kappa shape index (κ1) is 13.5. The Bertz CT molecular complexity index is 386. The molecule has 18 heavy (non-hydrogen) atoms. The van der Waals surface area contributed by atoms with Crippen molar-refractivity contribution in [3.05, 3.63) is 11.7 Å².